The van der Waals surface area contributed by atoms with Crippen LogP contribution in [0.4, 0.5) is 17.1 Å². The molecule has 0 bridgehead atoms. The third kappa shape index (κ3) is 4.61. The quantitative estimate of drug-likeness (QED) is 0.517. The van der Waals surface area contributed by atoms with Gasteiger partial charge in [0.1, 0.15) is 5.69 Å². The molecule has 2 saturated heterocycles. The highest BCUT2D eigenvalue weighted by atomic mass is 35.5. The fourth-order valence-electron chi connectivity index (χ4n) is 4.36. The highest BCUT2D eigenvalue weighted by Gasteiger charge is 2.28. The number of halogens is 1. The van der Waals surface area contributed by atoms with Crippen LogP contribution in [0, 0.1) is 16.0 Å². The second-order valence-corrected chi connectivity index (χ2v) is 8.77. The number of nitro benzene ring substituents is 1. The van der Waals surface area contributed by atoms with Gasteiger partial charge in [-0.05, 0) is 43.0 Å². The first-order valence-electron chi connectivity index (χ1n) is 10.8. The summed E-state index contributed by atoms with van der Waals surface area (Å²) < 4.78 is 0. The molecule has 0 atom stereocenters. The van der Waals surface area contributed by atoms with Gasteiger partial charge in [-0.3, -0.25) is 14.9 Å². The fraction of sp³-hybridized carbons (Fsp3) is 0.435. The van der Waals surface area contributed by atoms with Gasteiger partial charge in [0.25, 0.3) is 11.6 Å². The molecule has 31 heavy (non-hydrogen) atoms. The Morgan fingerprint density at radius 3 is 2.26 bits per heavy atom. The molecule has 2 aromatic rings. The predicted molar refractivity (Wildman–Crippen MR) is 123 cm³/mol. The van der Waals surface area contributed by atoms with Gasteiger partial charge in [0.2, 0.25) is 0 Å². The molecule has 0 aliphatic carbocycles. The monoisotopic (exact) mass is 442 g/mol. The van der Waals surface area contributed by atoms with Crippen LogP contribution in [0.3, 0.4) is 0 Å². The van der Waals surface area contributed by atoms with Crippen molar-refractivity contribution in [3.05, 3.63) is 63.2 Å². The summed E-state index contributed by atoms with van der Waals surface area (Å²) in [4.78, 5) is 30.4. The maximum Gasteiger partial charge on any atom is 0.293 e. The first kappa shape index (κ1) is 21.4. The second-order valence-electron chi connectivity index (χ2n) is 8.36. The van der Waals surface area contributed by atoms with E-state index >= 15 is 0 Å². The van der Waals surface area contributed by atoms with Crippen molar-refractivity contribution in [2.45, 2.75) is 19.8 Å². The van der Waals surface area contributed by atoms with Gasteiger partial charge in [-0.1, -0.05) is 30.7 Å². The number of rotatable bonds is 4. The van der Waals surface area contributed by atoms with E-state index in [1.807, 2.05) is 24.3 Å². The summed E-state index contributed by atoms with van der Waals surface area (Å²) in [6.45, 7) is 6.24. The third-order valence-electron chi connectivity index (χ3n) is 6.30. The van der Waals surface area contributed by atoms with Gasteiger partial charge in [0, 0.05) is 50.9 Å². The lowest BCUT2D eigenvalue weighted by Crippen LogP contribution is -2.48. The number of nitro groups is 1. The Bertz CT molecular complexity index is 967. The largest absolute Gasteiger partial charge is 0.367 e. The summed E-state index contributed by atoms with van der Waals surface area (Å²) in [5.41, 5.74) is 1.95. The Kier molecular flexibility index (Phi) is 6.32. The number of piperidine rings is 1. The molecule has 0 saturated carbocycles. The zero-order valence-electron chi connectivity index (χ0n) is 17.7. The smallest absolute Gasteiger partial charge is 0.293 e. The maximum absolute atomic E-state index is 13.1. The van der Waals surface area contributed by atoms with Crippen molar-refractivity contribution in [2.24, 2.45) is 5.92 Å². The van der Waals surface area contributed by atoms with Crippen LogP contribution in [-0.2, 0) is 0 Å². The number of hydrogen-bond acceptors (Lipinski definition) is 5. The molecule has 7 nitrogen and oxygen atoms in total. The summed E-state index contributed by atoms with van der Waals surface area (Å²) >= 11 is 6.30. The molecule has 0 unspecified atom stereocenters. The molecule has 0 aromatic heterocycles. The molecule has 2 heterocycles. The van der Waals surface area contributed by atoms with Gasteiger partial charge in [-0.15, -0.1) is 0 Å². The highest BCUT2D eigenvalue weighted by molar-refractivity contribution is 6.33. The van der Waals surface area contributed by atoms with Crippen LogP contribution in [0.25, 0.3) is 0 Å². The molecule has 4 rings (SSSR count). The molecular formula is C23H27ClN4O3. The van der Waals surface area contributed by atoms with E-state index in [1.54, 1.807) is 17.0 Å². The van der Waals surface area contributed by atoms with Crippen molar-refractivity contribution in [3.8, 4) is 0 Å². The number of nitrogens with zero attached hydrogens (tertiary/aromatic N) is 4. The predicted octanol–water partition coefficient (Wildman–Crippen LogP) is 4.45. The van der Waals surface area contributed by atoms with Crippen LogP contribution in [0.15, 0.2) is 42.5 Å². The number of hydrogen-bond donors (Lipinski definition) is 0. The molecule has 0 spiro atoms. The summed E-state index contributed by atoms with van der Waals surface area (Å²) in [7, 11) is 0. The van der Waals surface area contributed by atoms with E-state index < -0.39 is 0 Å². The van der Waals surface area contributed by atoms with Crippen molar-refractivity contribution in [1.29, 1.82) is 0 Å². The van der Waals surface area contributed by atoms with E-state index in [9.17, 15) is 14.9 Å². The molecule has 0 N–H and O–H groups in total. The van der Waals surface area contributed by atoms with Gasteiger partial charge >= 0.3 is 0 Å². The number of anilines is 2. The summed E-state index contributed by atoms with van der Waals surface area (Å²) in [6, 6.07) is 12.6. The number of amides is 1. The van der Waals surface area contributed by atoms with Crippen LogP contribution >= 0.6 is 11.6 Å². The average Bonchev–Trinajstić information content (AvgIpc) is 2.79. The molecule has 2 aliphatic heterocycles. The van der Waals surface area contributed by atoms with Crippen molar-refractivity contribution < 1.29 is 9.72 Å². The zero-order valence-corrected chi connectivity index (χ0v) is 18.4. The zero-order chi connectivity index (χ0) is 22.0. The molecular weight excluding hydrogens is 416 g/mol. The minimum Gasteiger partial charge on any atom is -0.367 e. The molecule has 2 fully saturated rings. The number of para-hydroxylation sites is 1. The standard InChI is InChI=1S/C23H27ClN4O3/c1-17-8-10-25(11-9-17)21-7-6-18(16-22(21)28(30)31)23(29)27-14-12-26(13-15-27)20-5-3-2-4-19(20)24/h2-7,16-17H,8-15H2,1H3. The van der Waals surface area contributed by atoms with Gasteiger partial charge in [0.05, 0.1) is 15.6 Å². The molecule has 164 valence electrons. The van der Waals surface area contributed by atoms with Crippen molar-refractivity contribution in [2.75, 3.05) is 49.1 Å². The molecule has 8 heteroatoms. The van der Waals surface area contributed by atoms with E-state index in [-0.39, 0.29) is 16.5 Å². The van der Waals surface area contributed by atoms with E-state index in [0.717, 1.165) is 31.6 Å². The number of benzene rings is 2. The lowest BCUT2D eigenvalue weighted by atomic mass is 9.98. The van der Waals surface area contributed by atoms with Gasteiger partial charge in [-0.25, -0.2) is 0 Å². The Morgan fingerprint density at radius 1 is 0.968 bits per heavy atom. The summed E-state index contributed by atoms with van der Waals surface area (Å²) in [5.74, 6) is 0.473. The second kappa shape index (κ2) is 9.14. The van der Waals surface area contributed by atoms with Crippen LogP contribution in [0.1, 0.15) is 30.1 Å². The van der Waals surface area contributed by atoms with Crippen LogP contribution in [-0.4, -0.2) is 55.0 Å². The van der Waals surface area contributed by atoms with Crippen LogP contribution < -0.4 is 9.80 Å². The van der Waals surface area contributed by atoms with Gasteiger partial charge in [0.15, 0.2) is 0 Å². The number of carbonyl (C=O) groups excluding carboxylic acids is 1. The van der Waals surface area contributed by atoms with E-state index in [1.165, 1.54) is 6.07 Å². The molecule has 2 aromatic carbocycles. The van der Waals surface area contributed by atoms with E-state index in [4.69, 9.17) is 11.6 Å². The fourth-order valence-corrected chi connectivity index (χ4v) is 4.62. The van der Waals surface area contributed by atoms with E-state index in [2.05, 4.69) is 16.7 Å². The van der Waals surface area contributed by atoms with Gasteiger partial charge < -0.3 is 14.7 Å². The number of carbonyl (C=O) groups is 1. The highest BCUT2D eigenvalue weighted by Crippen LogP contribution is 2.33. The average molecular weight is 443 g/mol. The normalized spacial score (nSPS) is 17.7. The molecule has 0 radical (unpaired) electrons. The van der Waals surface area contributed by atoms with Crippen molar-refractivity contribution in [3.63, 3.8) is 0 Å². The Labute approximate surface area is 187 Å². The SMILES string of the molecule is CC1CCN(c2ccc(C(=O)N3CCN(c4ccccc4Cl)CC3)cc2[N+](=O)[O-])CC1. The number of piperazine rings is 1. The lowest BCUT2D eigenvalue weighted by molar-refractivity contribution is -0.384. The summed E-state index contributed by atoms with van der Waals surface area (Å²) in [5, 5.41) is 12.4. The minimum absolute atomic E-state index is 0.00936. The van der Waals surface area contributed by atoms with Crippen LogP contribution in [0.2, 0.25) is 5.02 Å². The Balaban J connectivity index is 1.47. The molecule has 2 aliphatic rings. The van der Waals surface area contributed by atoms with Crippen molar-refractivity contribution >= 4 is 34.6 Å². The Hall–Kier alpha value is -2.80. The Morgan fingerprint density at radius 2 is 1.61 bits per heavy atom. The first-order chi connectivity index (χ1) is 14.9. The van der Waals surface area contributed by atoms with Crippen molar-refractivity contribution in [1.82, 2.24) is 4.90 Å². The lowest BCUT2D eigenvalue weighted by Gasteiger charge is -2.36. The third-order valence-corrected chi connectivity index (χ3v) is 6.62. The van der Waals surface area contributed by atoms with Crippen LogP contribution in [0.5, 0.6) is 0 Å². The summed E-state index contributed by atoms with van der Waals surface area (Å²) in [6.07, 6.45) is 2.04. The maximum atomic E-state index is 13.1. The van der Waals surface area contributed by atoms with E-state index in [0.29, 0.717) is 48.4 Å². The molecule has 1 amide bonds. The topological polar surface area (TPSA) is 69.9 Å². The minimum atomic E-state index is -0.376. The van der Waals surface area contributed by atoms with Gasteiger partial charge in [-0.2, -0.15) is 0 Å². The first-order valence-corrected chi connectivity index (χ1v) is 11.1.